The van der Waals surface area contributed by atoms with Crippen molar-refractivity contribution in [1.82, 2.24) is 19.9 Å². The van der Waals surface area contributed by atoms with Gasteiger partial charge in [0.15, 0.2) is 0 Å². The molecule has 0 aliphatic heterocycles. The predicted octanol–water partition coefficient (Wildman–Crippen LogP) is 4.24. The standard InChI is InChI=1S/C20H17F3N6O/c1-30-13-4-2-3-11(5-13)7-27-19-28-10-16(24)17(29-19)15-9-26-18-14(15)6-12(8-25-18)20(21,22)23/h2-6,8-10H,7,24H2,1H3,(H,25,26)(H,27,28,29). The zero-order valence-corrected chi connectivity index (χ0v) is 15.8. The second-order valence-corrected chi connectivity index (χ2v) is 6.52. The largest absolute Gasteiger partial charge is 0.497 e. The number of aromatic amines is 1. The highest BCUT2D eigenvalue weighted by atomic mass is 19.4. The molecule has 1 aromatic carbocycles. The zero-order valence-electron chi connectivity index (χ0n) is 15.8. The molecule has 0 radical (unpaired) electrons. The second-order valence-electron chi connectivity index (χ2n) is 6.52. The first-order valence-corrected chi connectivity index (χ1v) is 8.89. The number of nitrogens with zero attached hydrogens (tertiary/aromatic N) is 3. The molecule has 0 spiro atoms. The minimum Gasteiger partial charge on any atom is -0.497 e. The van der Waals surface area contributed by atoms with Gasteiger partial charge in [-0.15, -0.1) is 0 Å². The van der Waals surface area contributed by atoms with Crippen LogP contribution in [0.15, 0.2) is 48.9 Å². The molecule has 0 aliphatic rings. The van der Waals surface area contributed by atoms with Crippen molar-refractivity contribution in [2.24, 2.45) is 0 Å². The number of ether oxygens (including phenoxy) is 1. The van der Waals surface area contributed by atoms with Gasteiger partial charge in [-0.1, -0.05) is 12.1 Å². The van der Waals surface area contributed by atoms with Crippen LogP contribution < -0.4 is 15.8 Å². The van der Waals surface area contributed by atoms with E-state index in [9.17, 15) is 13.2 Å². The van der Waals surface area contributed by atoms with Gasteiger partial charge < -0.3 is 20.8 Å². The van der Waals surface area contributed by atoms with E-state index < -0.39 is 11.7 Å². The molecule has 0 unspecified atom stereocenters. The fraction of sp³-hybridized carbons (Fsp3) is 0.150. The zero-order chi connectivity index (χ0) is 21.3. The molecule has 0 aliphatic carbocycles. The van der Waals surface area contributed by atoms with Crippen molar-refractivity contribution in [3.63, 3.8) is 0 Å². The van der Waals surface area contributed by atoms with E-state index in [1.807, 2.05) is 24.3 Å². The Morgan fingerprint density at radius 3 is 2.77 bits per heavy atom. The van der Waals surface area contributed by atoms with E-state index in [0.717, 1.165) is 23.6 Å². The highest BCUT2D eigenvalue weighted by Crippen LogP contribution is 2.35. The van der Waals surface area contributed by atoms with Crippen LogP contribution in [0.5, 0.6) is 5.75 Å². The van der Waals surface area contributed by atoms with E-state index in [1.165, 1.54) is 12.4 Å². The van der Waals surface area contributed by atoms with Gasteiger partial charge in [0.25, 0.3) is 0 Å². The molecule has 0 amide bonds. The van der Waals surface area contributed by atoms with Gasteiger partial charge in [0.2, 0.25) is 5.95 Å². The van der Waals surface area contributed by atoms with Gasteiger partial charge in [-0.25, -0.2) is 15.0 Å². The quantitative estimate of drug-likeness (QED) is 0.452. The Morgan fingerprint density at radius 2 is 2.00 bits per heavy atom. The Bertz CT molecular complexity index is 1200. The Balaban J connectivity index is 1.66. The lowest BCUT2D eigenvalue weighted by Crippen LogP contribution is -2.06. The molecule has 0 fully saturated rings. The van der Waals surface area contributed by atoms with E-state index in [1.54, 1.807) is 7.11 Å². The van der Waals surface area contributed by atoms with Crippen LogP contribution in [0.4, 0.5) is 24.8 Å². The van der Waals surface area contributed by atoms with E-state index in [0.29, 0.717) is 23.4 Å². The van der Waals surface area contributed by atoms with E-state index >= 15 is 0 Å². The van der Waals surface area contributed by atoms with Gasteiger partial charge in [-0.2, -0.15) is 13.2 Å². The van der Waals surface area contributed by atoms with Crippen molar-refractivity contribution in [3.8, 4) is 17.0 Å². The SMILES string of the molecule is COc1cccc(CNc2ncc(N)c(-c3c[nH]c4ncc(C(F)(F)F)cc34)n2)c1. The lowest BCUT2D eigenvalue weighted by Gasteiger charge is -2.10. The summed E-state index contributed by atoms with van der Waals surface area (Å²) in [5, 5.41) is 3.36. The number of nitrogens with one attached hydrogen (secondary N) is 2. The number of halogens is 3. The molecule has 4 rings (SSSR count). The maximum absolute atomic E-state index is 13.1. The Kier molecular flexibility index (Phi) is 4.90. The van der Waals surface area contributed by atoms with Crippen LogP contribution in [-0.4, -0.2) is 27.0 Å². The number of pyridine rings is 1. The van der Waals surface area contributed by atoms with Crippen molar-refractivity contribution in [1.29, 1.82) is 0 Å². The average Bonchev–Trinajstić information content (AvgIpc) is 3.16. The Hall–Kier alpha value is -3.82. The lowest BCUT2D eigenvalue weighted by atomic mass is 10.1. The molecule has 3 heterocycles. The molecule has 4 aromatic rings. The minimum absolute atomic E-state index is 0.236. The van der Waals surface area contributed by atoms with Gasteiger partial charge in [0, 0.05) is 29.9 Å². The predicted molar refractivity (Wildman–Crippen MR) is 107 cm³/mol. The van der Waals surface area contributed by atoms with Gasteiger partial charge in [-0.05, 0) is 23.8 Å². The monoisotopic (exact) mass is 414 g/mol. The maximum Gasteiger partial charge on any atom is 0.417 e. The minimum atomic E-state index is -4.50. The molecular formula is C20H17F3N6O. The fourth-order valence-corrected chi connectivity index (χ4v) is 3.01. The van der Waals surface area contributed by atoms with Crippen LogP contribution in [0, 0.1) is 0 Å². The third-order valence-electron chi connectivity index (χ3n) is 4.52. The number of nitrogens with two attached hydrogens (primary N) is 1. The molecular weight excluding hydrogens is 397 g/mol. The van der Waals surface area contributed by atoms with Crippen LogP contribution in [-0.2, 0) is 12.7 Å². The summed E-state index contributed by atoms with van der Waals surface area (Å²) in [6, 6.07) is 8.51. The van der Waals surface area contributed by atoms with Gasteiger partial charge in [0.1, 0.15) is 17.1 Å². The molecule has 3 aromatic heterocycles. The van der Waals surface area contributed by atoms with Crippen LogP contribution in [0.1, 0.15) is 11.1 Å². The molecule has 0 saturated heterocycles. The molecule has 0 atom stereocenters. The van der Waals surface area contributed by atoms with Crippen LogP contribution >= 0.6 is 0 Å². The van der Waals surface area contributed by atoms with Crippen molar-refractivity contribution in [3.05, 3.63) is 60.0 Å². The molecule has 30 heavy (non-hydrogen) atoms. The summed E-state index contributed by atoms with van der Waals surface area (Å²) < 4.78 is 44.5. The number of hydrogen-bond acceptors (Lipinski definition) is 6. The number of H-pyrrole nitrogens is 1. The molecule has 4 N–H and O–H groups in total. The van der Waals surface area contributed by atoms with E-state index in [2.05, 4.69) is 25.3 Å². The van der Waals surface area contributed by atoms with E-state index in [-0.39, 0.29) is 17.0 Å². The van der Waals surface area contributed by atoms with Crippen molar-refractivity contribution < 1.29 is 17.9 Å². The molecule has 0 saturated carbocycles. The third-order valence-corrected chi connectivity index (χ3v) is 4.52. The first-order chi connectivity index (χ1) is 14.3. The summed E-state index contributed by atoms with van der Waals surface area (Å²) in [5.41, 5.74) is 7.38. The number of rotatable bonds is 5. The Labute approximate surface area is 169 Å². The average molecular weight is 414 g/mol. The number of hydrogen-bond donors (Lipinski definition) is 3. The van der Waals surface area contributed by atoms with Crippen molar-refractivity contribution >= 4 is 22.7 Å². The van der Waals surface area contributed by atoms with Crippen LogP contribution in [0.3, 0.4) is 0 Å². The fourth-order valence-electron chi connectivity index (χ4n) is 3.01. The number of aromatic nitrogens is 4. The summed E-state index contributed by atoms with van der Waals surface area (Å²) in [4.78, 5) is 15.3. The number of methoxy groups -OCH3 is 1. The molecule has 7 nitrogen and oxygen atoms in total. The summed E-state index contributed by atoms with van der Waals surface area (Å²) in [5.74, 6) is 1.01. The smallest absolute Gasteiger partial charge is 0.417 e. The van der Waals surface area contributed by atoms with E-state index in [4.69, 9.17) is 10.5 Å². The van der Waals surface area contributed by atoms with Gasteiger partial charge in [0.05, 0.1) is 24.6 Å². The first kappa shape index (κ1) is 19.5. The Morgan fingerprint density at radius 1 is 1.17 bits per heavy atom. The number of alkyl halides is 3. The van der Waals surface area contributed by atoms with Gasteiger partial charge in [-0.3, -0.25) is 0 Å². The maximum atomic E-state index is 13.1. The highest BCUT2D eigenvalue weighted by molar-refractivity contribution is 5.95. The topological polar surface area (TPSA) is 102 Å². The summed E-state index contributed by atoms with van der Waals surface area (Å²) in [6.07, 6.45) is -0.776. The summed E-state index contributed by atoms with van der Waals surface area (Å²) >= 11 is 0. The highest BCUT2D eigenvalue weighted by Gasteiger charge is 2.31. The number of benzene rings is 1. The molecule has 10 heteroatoms. The summed E-state index contributed by atoms with van der Waals surface area (Å²) in [7, 11) is 1.59. The van der Waals surface area contributed by atoms with Crippen molar-refractivity contribution in [2.45, 2.75) is 12.7 Å². The van der Waals surface area contributed by atoms with Crippen LogP contribution in [0.25, 0.3) is 22.3 Å². The van der Waals surface area contributed by atoms with Gasteiger partial charge >= 0.3 is 6.18 Å². The second kappa shape index (κ2) is 7.54. The third kappa shape index (κ3) is 3.84. The number of nitrogen functional groups attached to an aromatic ring is 1. The number of anilines is 2. The van der Waals surface area contributed by atoms with Crippen molar-refractivity contribution in [2.75, 3.05) is 18.2 Å². The summed E-state index contributed by atoms with van der Waals surface area (Å²) in [6.45, 7) is 0.425. The number of fused-ring (bicyclic) bond motifs is 1. The first-order valence-electron chi connectivity index (χ1n) is 8.89. The lowest BCUT2D eigenvalue weighted by molar-refractivity contribution is -0.137. The van der Waals surface area contributed by atoms with Crippen LogP contribution in [0.2, 0.25) is 0 Å². The normalized spacial score (nSPS) is 11.6. The molecule has 154 valence electrons. The molecule has 0 bridgehead atoms.